The van der Waals surface area contributed by atoms with Crippen LogP contribution in [0.15, 0.2) is 27.3 Å². The van der Waals surface area contributed by atoms with Crippen molar-refractivity contribution in [2.75, 3.05) is 5.32 Å². The molecule has 2 aromatic rings. The number of hydrogen-bond donors (Lipinski definition) is 1. The molecule has 0 bridgehead atoms. The SMILES string of the molecule is CCCn1c(NCc2cccs2)nc(=O)c2c1N=C(C1CCCC1)[N]2. The fraction of sp³-hybridized carbons (Fsp3) is 0.500. The predicted molar refractivity (Wildman–Crippen MR) is 101 cm³/mol. The molecule has 2 aromatic heterocycles. The first-order valence-electron chi connectivity index (χ1n) is 8.97. The van der Waals surface area contributed by atoms with Crippen LogP contribution >= 0.6 is 11.3 Å². The minimum atomic E-state index is -0.284. The normalized spacial score (nSPS) is 16.6. The van der Waals surface area contributed by atoms with E-state index in [0.717, 1.165) is 31.6 Å². The van der Waals surface area contributed by atoms with Crippen LogP contribution in [0.1, 0.15) is 43.9 Å². The van der Waals surface area contributed by atoms with Crippen molar-refractivity contribution in [2.45, 2.75) is 52.1 Å². The Kier molecular flexibility index (Phi) is 4.57. The van der Waals surface area contributed by atoms with Gasteiger partial charge in [-0.15, -0.1) is 11.3 Å². The number of thiophene rings is 1. The van der Waals surface area contributed by atoms with Crippen LogP contribution in [-0.4, -0.2) is 15.4 Å². The van der Waals surface area contributed by atoms with Crippen LogP contribution in [-0.2, 0) is 13.1 Å². The van der Waals surface area contributed by atoms with Gasteiger partial charge in [0.2, 0.25) is 5.95 Å². The van der Waals surface area contributed by atoms with E-state index in [-0.39, 0.29) is 5.56 Å². The summed E-state index contributed by atoms with van der Waals surface area (Å²) in [5, 5.41) is 9.91. The van der Waals surface area contributed by atoms with E-state index in [4.69, 9.17) is 4.99 Å². The lowest BCUT2D eigenvalue weighted by molar-refractivity contribution is 0.669. The Morgan fingerprint density at radius 2 is 2.20 bits per heavy atom. The van der Waals surface area contributed by atoms with Gasteiger partial charge in [0.1, 0.15) is 5.84 Å². The number of aliphatic imine (C=N–C) groups is 1. The van der Waals surface area contributed by atoms with Crippen LogP contribution in [0.25, 0.3) is 0 Å². The first-order chi connectivity index (χ1) is 12.3. The molecule has 0 unspecified atom stereocenters. The van der Waals surface area contributed by atoms with Crippen molar-refractivity contribution in [3.05, 3.63) is 32.7 Å². The molecule has 1 aliphatic carbocycles. The van der Waals surface area contributed by atoms with Crippen LogP contribution in [0.4, 0.5) is 17.5 Å². The predicted octanol–water partition coefficient (Wildman–Crippen LogP) is 3.80. The fourth-order valence-electron chi connectivity index (χ4n) is 3.51. The topological polar surface area (TPSA) is 73.4 Å². The molecule has 1 radical (unpaired) electrons. The van der Waals surface area contributed by atoms with E-state index in [0.29, 0.717) is 29.9 Å². The molecule has 0 spiro atoms. The van der Waals surface area contributed by atoms with Gasteiger partial charge in [0.25, 0.3) is 0 Å². The van der Waals surface area contributed by atoms with Crippen molar-refractivity contribution in [2.24, 2.45) is 10.9 Å². The molecule has 1 aliphatic heterocycles. The van der Waals surface area contributed by atoms with Crippen LogP contribution in [0, 0.1) is 5.92 Å². The second kappa shape index (κ2) is 7.00. The molecular weight excluding hydrogens is 334 g/mol. The molecule has 0 saturated heterocycles. The molecule has 0 aromatic carbocycles. The lowest BCUT2D eigenvalue weighted by atomic mass is 10.1. The Balaban J connectivity index is 1.67. The smallest absolute Gasteiger partial charge is 0.302 e. The monoisotopic (exact) mass is 356 g/mol. The molecule has 4 rings (SSSR count). The minimum absolute atomic E-state index is 0.284. The van der Waals surface area contributed by atoms with Gasteiger partial charge in [0.05, 0.1) is 6.54 Å². The molecule has 131 valence electrons. The summed E-state index contributed by atoms with van der Waals surface area (Å²) in [5.74, 6) is 2.49. The molecule has 1 N–H and O–H groups in total. The summed E-state index contributed by atoms with van der Waals surface area (Å²) in [4.78, 5) is 22.7. The molecule has 7 heteroatoms. The van der Waals surface area contributed by atoms with Crippen LogP contribution in [0.2, 0.25) is 0 Å². The maximum Gasteiger partial charge on any atom is 0.302 e. The highest BCUT2D eigenvalue weighted by Gasteiger charge is 2.31. The van der Waals surface area contributed by atoms with E-state index >= 15 is 0 Å². The number of rotatable bonds is 6. The van der Waals surface area contributed by atoms with Crippen LogP contribution in [0.5, 0.6) is 0 Å². The second-order valence-corrected chi connectivity index (χ2v) is 7.59. The van der Waals surface area contributed by atoms with Gasteiger partial charge < -0.3 is 5.32 Å². The molecule has 1 fully saturated rings. The summed E-state index contributed by atoms with van der Waals surface area (Å²) in [6, 6.07) is 4.09. The number of aromatic nitrogens is 2. The highest BCUT2D eigenvalue weighted by molar-refractivity contribution is 7.09. The Labute approximate surface area is 151 Å². The standard InChI is InChI=1S/C18H22N5OS/c1-2-9-23-16-14(20-15(21-16)12-6-3-4-7-12)17(24)22-18(23)19-11-13-8-5-10-25-13/h5,8,10,12H,2-4,6-7,9,11H2,1H3,(H,19,22,24). The zero-order chi connectivity index (χ0) is 17.2. The van der Waals surface area contributed by atoms with Crippen molar-refractivity contribution in [3.63, 3.8) is 0 Å². The Bertz CT molecular complexity index is 834. The van der Waals surface area contributed by atoms with Gasteiger partial charge in [-0.25, -0.2) is 10.3 Å². The summed E-state index contributed by atoms with van der Waals surface area (Å²) in [5.41, 5.74) is 0.129. The van der Waals surface area contributed by atoms with E-state index in [9.17, 15) is 4.79 Å². The molecular formula is C18H22N5OS. The number of hydrogen-bond acceptors (Lipinski definition) is 5. The van der Waals surface area contributed by atoms with Gasteiger partial charge in [-0.1, -0.05) is 25.8 Å². The van der Waals surface area contributed by atoms with Gasteiger partial charge in [-0.2, -0.15) is 4.98 Å². The van der Waals surface area contributed by atoms with Crippen molar-refractivity contribution >= 4 is 34.6 Å². The Hall–Kier alpha value is -2.15. The summed E-state index contributed by atoms with van der Waals surface area (Å²) < 4.78 is 2.01. The van der Waals surface area contributed by atoms with E-state index < -0.39 is 0 Å². The molecule has 1 saturated carbocycles. The van der Waals surface area contributed by atoms with Crippen LogP contribution < -0.4 is 16.2 Å². The summed E-state index contributed by atoms with van der Waals surface area (Å²) in [6.07, 6.45) is 5.63. The van der Waals surface area contributed by atoms with Gasteiger partial charge in [-0.05, 0) is 30.7 Å². The van der Waals surface area contributed by atoms with Gasteiger partial charge in [-0.3, -0.25) is 9.36 Å². The van der Waals surface area contributed by atoms with Crippen molar-refractivity contribution in [3.8, 4) is 0 Å². The largest absolute Gasteiger partial charge is 0.351 e. The van der Waals surface area contributed by atoms with Gasteiger partial charge in [0, 0.05) is 17.3 Å². The lowest BCUT2D eigenvalue weighted by Gasteiger charge is -2.15. The van der Waals surface area contributed by atoms with Crippen molar-refractivity contribution in [1.29, 1.82) is 0 Å². The quantitative estimate of drug-likeness (QED) is 0.855. The van der Waals surface area contributed by atoms with Gasteiger partial charge >= 0.3 is 5.56 Å². The third-order valence-electron chi connectivity index (χ3n) is 4.75. The number of nitrogens with one attached hydrogen (secondary N) is 1. The molecule has 25 heavy (non-hydrogen) atoms. The zero-order valence-corrected chi connectivity index (χ0v) is 15.2. The average Bonchev–Trinajstić information content (AvgIpc) is 3.36. The molecule has 2 aliphatic rings. The molecule has 0 atom stereocenters. The number of amidine groups is 1. The van der Waals surface area contributed by atoms with E-state index in [1.807, 2.05) is 16.0 Å². The fourth-order valence-corrected chi connectivity index (χ4v) is 4.15. The third-order valence-corrected chi connectivity index (χ3v) is 5.62. The van der Waals surface area contributed by atoms with Crippen molar-refractivity contribution in [1.82, 2.24) is 14.9 Å². The maximum absolute atomic E-state index is 12.5. The maximum atomic E-state index is 12.5. The first-order valence-corrected chi connectivity index (χ1v) is 9.85. The van der Waals surface area contributed by atoms with E-state index in [2.05, 4.69) is 28.6 Å². The third kappa shape index (κ3) is 3.20. The van der Waals surface area contributed by atoms with Gasteiger partial charge in [0.15, 0.2) is 11.5 Å². The van der Waals surface area contributed by atoms with E-state index in [1.54, 1.807) is 11.3 Å². The first kappa shape index (κ1) is 16.3. The zero-order valence-electron chi connectivity index (χ0n) is 14.4. The van der Waals surface area contributed by atoms with E-state index in [1.165, 1.54) is 17.7 Å². The Morgan fingerprint density at radius 3 is 2.92 bits per heavy atom. The minimum Gasteiger partial charge on any atom is -0.351 e. The molecule has 6 nitrogen and oxygen atoms in total. The Morgan fingerprint density at radius 1 is 1.36 bits per heavy atom. The molecule has 3 heterocycles. The second-order valence-electron chi connectivity index (χ2n) is 6.56. The highest BCUT2D eigenvalue weighted by Crippen LogP contribution is 2.35. The van der Waals surface area contributed by atoms with Crippen molar-refractivity contribution < 1.29 is 0 Å². The number of nitrogens with zero attached hydrogens (tertiary/aromatic N) is 4. The number of anilines is 1. The lowest BCUT2D eigenvalue weighted by Crippen LogP contribution is -2.22. The summed E-state index contributed by atoms with van der Waals surface area (Å²) >= 11 is 1.68. The average molecular weight is 356 g/mol. The summed E-state index contributed by atoms with van der Waals surface area (Å²) in [6.45, 7) is 3.53. The summed E-state index contributed by atoms with van der Waals surface area (Å²) in [7, 11) is 0. The van der Waals surface area contributed by atoms with Crippen LogP contribution in [0.3, 0.4) is 0 Å². The number of fused-ring (bicyclic) bond motifs is 1. The molecule has 0 amide bonds. The highest BCUT2D eigenvalue weighted by atomic mass is 32.1.